The highest BCUT2D eigenvalue weighted by Crippen LogP contribution is 2.35. The number of aromatic nitrogens is 2. The quantitative estimate of drug-likeness (QED) is 0.362. The number of nitrogens with zero attached hydrogens (tertiary/aromatic N) is 2. The number of methoxy groups -OCH3 is 3. The maximum absolute atomic E-state index is 13.4. The number of amides is 1. The topological polar surface area (TPSA) is 91.7 Å². The molecule has 0 saturated heterocycles. The number of benzene rings is 1. The Hall–Kier alpha value is -2.56. The number of thiophene rings is 1. The average Bonchev–Trinajstić information content (AvgIpc) is 3.20. The molecule has 1 aliphatic carbocycles. The number of carbonyl (C=O) groups excluding carboxylic acids is 1. The summed E-state index contributed by atoms with van der Waals surface area (Å²) in [5.41, 5.74) is 1.63. The fourth-order valence-electron chi connectivity index (χ4n) is 3.94. The van der Waals surface area contributed by atoms with Crippen LogP contribution < -0.4 is 20.3 Å². The van der Waals surface area contributed by atoms with Gasteiger partial charge in [0, 0.05) is 18.1 Å². The maximum Gasteiger partial charge on any atom is 0.263 e. The molecule has 4 rings (SSSR count). The first-order valence-corrected chi connectivity index (χ1v) is 12.5. The number of rotatable bonds is 9. The van der Waals surface area contributed by atoms with Crippen molar-refractivity contribution in [1.82, 2.24) is 9.55 Å². The SMILES string of the molecule is COCCn1c(SCC(=O)Nc2cc(OC)ccc2OC)nc2sc3c(c2c1=O)CCCC3. The number of hydrogen-bond donors (Lipinski definition) is 1. The van der Waals surface area contributed by atoms with Crippen LogP contribution in [-0.4, -0.2) is 49.1 Å². The lowest BCUT2D eigenvalue weighted by Gasteiger charge is -2.14. The van der Waals surface area contributed by atoms with Crippen molar-refractivity contribution in [1.29, 1.82) is 0 Å². The third-order valence-electron chi connectivity index (χ3n) is 5.57. The standard InChI is InChI=1S/C23H27N3O5S2/c1-29-11-10-26-22(28)20-15-6-4-5-7-18(15)33-21(20)25-23(26)32-13-19(27)24-16-12-14(30-2)8-9-17(16)31-3/h8-9,12H,4-7,10-11,13H2,1-3H3,(H,24,27). The smallest absolute Gasteiger partial charge is 0.263 e. The van der Waals surface area contributed by atoms with E-state index in [4.69, 9.17) is 19.2 Å². The van der Waals surface area contributed by atoms with Crippen molar-refractivity contribution in [3.8, 4) is 11.5 Å². The molecule has 33 heavy (non-hydrogen) atoms. The van der Waals surface area contributed by atoms with Gasteiger partial charge in [0.2, 0.25) is 5.91 Å². The minimum Gasteiger partial charge on any atom is -0.497 e. The van der Waals surface area contributed by atoms with Crippen LogP contribution in [0, 0.1) is 0 Å². The van der Waals surface area contributed by atoms with Crippen molar-refractivity contribution in [2.75, 3.05) is 39.0 Å². The number of carbonyl (C=O) groups is 1. The van der Waals surface area contributed by atoms with Crippen LogP contribution in [0.25, 0.3) is 10.2 Å². The van der Waals surface area contributed by atoms with Crippen LogP contribution in [0.1, 0.15) is 23.3 Å². The molecule has 1 amide bonds. The second kappa shape index (κ2) is 10.6. The van der Waals surface area contributed by atoms with E-state index < -0.39 is 0 Å². The Morgan fingerprint density at radius 1 is 1.21 bits per heavy atom. The molecule has 0 spiro atoms. The molecule has 1 aromatic carbocycles. The Morgan fingerprint density at radius 3 is 2.79 bits per heavy atom. The molecule has 176 valence electrons. The molecule has 2 aromatic heterocycles. The van der Waals surface area contributed by atoms with Gasteiger partial charge in [-0.3, -0.25) is 14.2 Å². The highest BCUT2D eigenvalue weighted by Gasteiger charge is 2.22. The number of nitrogens with one attached hydrogen (secondary N) is 1. The lowest BCUT2D eigenvalue weighted by atomic mass is 9.97. The maximum atomic E-state index is 13.4. The summed E-state index contributed by atoms with van der Waals surface area (Å²) in [6.45, 7) is 0.775. The number of ether oxygens (including phenoxy) is 3. The summed E-state index contributed by atoms with van der Waals surface area (Å²) in [7, 11) is 4.71. The number of aryl methyl sites for hydroxylation is 2. The molecule has 8 nitrogen and oxygen atoms in total. The second-order valence-corrected chi connectivity index (χ2v) is 9.66. The van der Waals surface area contributed by atoms with Crippen LogP contribution in [0.4, 0.5) is 5.69 Å². The van der Waals surface area contributed by atoms with Gasteiger partial charge in [-0.15, -0.1) is 11.3 Å². The predicted octanol–water partition coefficient (Wildman–Crippen LogP) is 3.73. The molecule has 0 atom stereocenters. The molecule has 2 heterocycles. The summed E-state index contributed by atoms with van der Waals surface area (Å²) < 4.78 is 17.4. The first-order chi connectivity index (χ1) is 16.0. The van der Waals surface area contributed by atoms with E-state index in [1.807, 2.05) is 0 Å². The Kier molecular flexibility index (Phi) is 7.56. The highest BCUT2D eigenvalue weighted by molar-refractivity contribution is 7.99. The van der Waals surface area contributed by atoms with Crippen LogP contribution in [-0.2, 0) is 28.9 Å². The predicted molar refractivity (Wildman–Crippen MR) is 131 cm³/mol. The van der Waals surface area contributed by atoms with Gasteiger partial charge in [0.15, 0.2) is 5.16 Å². The van der Waals surface area contributed by atoms with Gasteiger partial charge in [-0.1, -0.05) is 11.8 Å². The monoisotopic (exact) mass is 489 g/mol. The molecule has 0 radical (unpaired) electrons. The number of anilines is 1. The molecule has 1 aliphatic rings. The molecular formula is C23H27N3O5S2. The molecule has 0 bridgehead atoms. The van der Waals surface area contributed by atoms with Crippen molar-refractivity contribution in [2.24, 2.45) is 0 Å². The summed E-state index contributed by atoms with van der Waals surface area (Å²) >= 11 is 2.85. The first-order valence-electron chi connectivity index (χ1n) is 10.7. The van der Waals surface area contributed by atoms with E-state index in [1.165, 1.54) is 16.6 Å². The van der Waals surface area contributed by atoms with Gasteiger partial charge in [0.25, 0.3) is 5.56 Å². The molecule has 0 fully saturated rings. The highest BCUT2D eigenvalue weighted by atomic mass is 32.2. The van der Waals surface area contributed by atoms with E-state index in [-0.39, 0.29) is 17.2 Å². The van der Waals surface area contributed by atoms with Crippen LogP contribution in [0.3, 0.4) is 0 Å². The molecule has 1 N–H and O–H groups in total. The third-order valence-corrected chi connectivity index (χ3v) is 7.73. The fourth-order valence-corrected chi connectivity index (χ4v) is 6.07. The summed E-state index contributed by atoms with van der Waals surface area (Å²) in [6.07, 6.45) is 4.17. The minimum absolute atomic E-state index is 0.0474. The average molecular weight is 490 g/mol. The van der Waals surface area contributed by atoms with Crippen molar-refractivity contribution in [3.63, 3.8) is 0 Å². The van der Waals surface area contributed by atoms with E-state index in [9.17, 15) is 9.59 Å². The van der Waals surface area contributed by atoms with E-state index >= 15 is 0 Å². The Morgan fingerprint density at radius 2 is 2.03 bits per heavy atom. The Balaban J connectivity index is 1.59. The largest absolute Gasteiger partial charge is 0.497 e. The molecule has 0 unspecified atom stereocenters. The van der Waals surface area contributed by atoms with Crippen molar-refractivity contribution < 1.29 is 19.0 Å². The zero-order chi connectivity index (χ0) is 23.4. The van der Waals surface area contributed by atoms with Crippen molar-refractivity contribution >= 4 is 44.9 Å². The lowest BCUT2D eigenvalue weighted by Crippen LogP contribution is -2.26. The Labute approximate surface area is 200 Å². The summed E-state index contributed by atoms with van der Waals surface area (Å²) in [4.78, 5) is 33.0. The van der Waals surface area contributed by atoms with Gasteiger partial charge in [0.1, 0.15) is 16.3 Å². The second-order valence-electron chi connectivity index (χ2n) is 7.64. The van der Waals surface area contributed by atoms with E-state index in [0.29, 0.717) is 35.5 Å². The third kappa shape index (κ3) is 5.02. The van der Waals surface area contributed by atoms with E-state index in [0.717, 1.165) is 41.5 Å². The minimum atomic E-state index is -0.232. The summed E-state index contributed by atoms with van der Waals surface area (Å²) in [6, 6.07) is 5.20. The van der Waals surface area contributed by atoms with Gasteiger partial charge in [-0.25, -0.2) is 4.98 Å². The zero-order valence-electron chi connectivity index (χ0n) is 18.9. The van der Waals surface area contributed by atoms with Gasteiger partial charge < -0.3 is 19.5 Å². The van der Waals surface area contributed by atoms with Crippen molar-refractivity contribution in [2.45, 2.75) is 37.4 Å². The number of thioether (sulfide) groups is 1. The number of hydrogen-bond acceptors (Lipinski definition) is 8. The van der Waals surface area contributed by atoms with Crippen molar-refractivity contribution in [3.05, 3.63) is 39.0 Å². The zero-order valence-corrected chi connectivity index (χ0v) is 20.6. The summed E-state index contributed by atoms with van der Waals surface area (Å²) in [5.74, 6) is 1.01. The van der Waals surface area contributed by atoms with Crippen LogP contribution in [0.15, 0.2) is 28.2 Å². The van der Waals surface area contributed by atoms with Crippen LogP contribution in [0.5, 0.6) is 11.5 Å². The lowest BCUT2D eigenvalue weighted by molar-refractivity contribution is -0.113. The summed E-state index contributed by atoms with van der Waals surface area (Å²) in [5, 5.41) is 4.12. The molecular weight excluding hydrogens is 462 g/mol. The number of fused-ring (bicyclic) bond motifs is 3. The Bertz CT molecular complexity index is 1220. The molecule has 10 heteroatoms. The van der Waals surface area contributed by atoms with Crippen LogP contribution in [0.2, 0.25) is 0 Å². The van der Waals surface area contributed by atoms with Gasteiger partial charge in [0.05, 0.1) is 44.2 Å². The van der Waals surface area contributed by atoms with Crippen LogP contribution >= 0.6 is 23.1 Å². The first kappa shape index (κ1) is 23.6. The molecule has 0 aliphatic heterocycles. The fraction of sp³-hybridized carbons (Fsp3) is 0.435. The molecule has 3 aromatic rings. The van der Waals surface area contributed by atoms with Gasteiger partial charge >= 0.3 is 0 Å². The van der Waals surface area contributed by atoms with Gasteiger partial charge in [-0.05, 0) is 43.4 Å². The van der Waals surface area contributed by atoms with E-state index in [2.05, 4.69) is 5.32 Å². The molecule has 0 saturated carbocycles. The normalized spacial score (nSPS) is 13.1. The van der Waals surface area contributed by atoms with Gasteiger partial charge in [-0.2, -0.15) is 0 Å². The van der Waals surface area contributed by atoms with E-state index in [1.54, 1.807) is 55.4 Å².